The van der Waals surface area contributed by atoms with Crippen molar-refractivity contribution < 1.29 is 18.0 Å². The van der Waals surface area contributed by atoms with E-state index in [0.717, 1.165) is 32.6 Å². The summed E-state index contributed by atoms with van der Waals surface area (Å²) in [6.45, 7) is 2.10. The highest BCUT2D eigenvalue weighted by Crippen LogP contribution is 2.28. The Morgan fingerprint density at radius 2 is 1.58 bits per heavy atom. The Kier molecular flexibility index (Phi) is 10.9. The van der Waals surface area contributed by atoms with Crippen LogP contribution in [0.1, 0.15) is 24.5 Å². The van der Waals surface area contributed by atoms with Crippen molar-refractivity contribution in [2.24, 2.45) is 0 Å². The first kappa shape index (κ1) is 29.9. The van der Waals surface area contributed by atoms with Gasteiger partial charge in [-0.1, -0.05) is 77.5 Å². The largest absolute Gasteiger partial charge is 0.354 e. The number of rotatable bonds is 12. The molecule has 0 saturated heterocycles. The fourth-order valence-corrected chi connectivity index (χ4v) is 5.93. The predicted molar refractivity (Wildman–Crippen MR) is 158 cm³/mol. The second-order valence-electron chi connectivity index (χ2n) is 8.87. The van der Waals surface area contributed by atoms with Gasteiger partial charge in [0.15, 0.2) is 0 Å². The lowest BCUT2D eigenvalue weighted by Crippen LogP contribution is -2.53. The summed E-state index contributed by atoms with van der Waals surface area (Å²) in [6, 6.07) is 22.9. The zero-order valence-electron chi connectivity index (χ0n) is 21.3. The number of hydrogen-bond acceptors (Lipinski definition) is 4. The molecule has 3 aromatic carbocycles. The van der Waals surface area contributed by atoms with Gasteiger partial charge in [0, 0.05) is 28.5 Å². The number of nitrogens with zero attached hydrogens (tertiary/aromatic N) is 2. The molecule has 38 heavy (non-hydrogen) atoms. The van der Waals surface area contributed by atoms with Gasteiger partial charge in [-0.05, 0) is 57.7 Å². The van der Waals surface area contributed by atoms with Crippen molar-refractivity contribution in [1.29, 1.82) is 0 Å². The van der Waals surface area contributed by atoms with Crippen LogP contribution in [0.15, 0.2) is 87.8 Å². The van der Waals surface area contributed by atoms with E-state index in [0.29, 0.717) is 16.7 Å². The van der Waals surface area contributed by atoms with Crippen molar-refractivity contribution in [3.05, 3.63) is 98.9 Å². The molecule has 0 aromatic heterocycles. The highest BCUT2D eigenvalue weighted by Gasteiger charge is 2.33. The maximum Gasteiger partial charge on any atom is 0.244 e. The molecule has 0 heterocycles. The summed E-state index contributed by atoms with van der Waals surface area (Å²) < 4.78 is 28.1. The molecule has 0 bridgehead atoms. The Balaban J connectivity index is 2.05. The quantitative estimate of drug-likeness (QED) is 0.291. The van der Waals surface area contributed by atoms with Crippen molar-refractivity contribution in [3.63, 3.8) is 0 Å². The van der Waals surface area contributed by atoms with Crippen LogP contribution in [0, 0.1) is 0 Å². The summed E-state index contributed by atoms with van der Waals surface area (Å²) in [4.78, 5) is 28.9. The fraction of sp³-hybridized carbons (Fsp3) is 0.286. The van der Waals surface area contributed by atoms with Gasteiger partial charge >= 0.3 is 0 Å². The van der Waals surface area contributed by atoms with Crippen LogP contribution in [0.25, 0.3) is 0 Å². The Morgan fingerprint density at radius 1 is 0.921 bits per heavy atom. The van der Waals surface area contributed by atoms with Crippen molar-refractivity contribution in [3.8, 4) is 0 Å². The van der Waals surface area contributed by atoms with Crippen LogP contribution in [0.4, 0.5) is 5.69 Å². The average Bonchev–Trinajstić information content (AvgIpc) is 2.88. The molecule has 2 amide bonds. The van der Waals surface area contributed by atoms with Gasteiger partial charge in [-0.3, -0.25) is 13.9 Å². The number of nitrogens with one attached hydrogen (secondary N) is 1. The van der Waals surface area contributed by atoms with Gasteiger partial charge in [0.2, 0.25) is 21.8 Å². The topological polar surface area (TPSA) is 86.8 Å². The molecule has 0 radical (unpaired) electrons. The molecule has 202 valence electrons. The number of carbonyl (C=O) groups is 2. The fourth-order valence-electron chi connectivity index (χ4n) is 4.00. The Bertz CT molecular complexity index is 1350. The van der Waals surface area contributed by atoms with Crippen LogP contribution in [-0.4, -0.2) is 50.5 Å². The number of halogens is 2. The van der Waals surface area contributed by atoms with Gasteiger partial charge in [0.05, 0.1) is 11.9 Å². The van der Waals surface area contributed by atoms with Crippen LogP contribution in [0.3, 0.4) is 0 Å². The molecule has 10 heteroatoms. The maximum atomic E-state index is 14.0. The van der Waals surface area contributed by atoms with Crippen LogP contribution in [0.2, 0.25) is 0 Å². The third-order valence-corrected chi connectivity index (χ3v) is 8.15. The monoisotopic (exact) mass is 663 g/mol. The molecular weight excluding hydrogens is 634 g/mol. The molecular formula is C28H31Br2N3O4S. The molecule has 1 atom stereocenters. The van der Waals surface area contributed by atoms with Crippen LogP contribution < -0.4 is 9.62 Å². The number of amides is 2. The average molecular weight is 665 g/mol. The van der Waals surface area contributed by atoms with Gasteiger partial charge in [-0.2, -0.15) is 0 Å². The van der Waals surface area contributed by atoms with Crippen LogP contribution in [-0.2, 0) is 32.6 Å². The van der Waals surface area contributed by atoms with Gasteiger partial charge in [0.25, 0.3) is 0 Å². The number of para-hydroxylation sites is 1. The van der Waals surface area contributed by atoms with E-state index >= 15 is 0 Å². The molecule has 0 saturated carbocycles. The van der Waals surface area contributed by atoms with E-state index in [1.54, 1.807) is 24.3 Å². The maximum absolute atomic E-state index is 14.0. The van der Waals surface area contributed by atoms with Gasteiger partial charge in [-0.25, -0.2) is 8.42 Å². The van der Waals surface area contributed by atoms with Crippen LogP contribution >= 0.6 is 31.9 Å². The van der Waals surface area contributed by atoms with E-state index in [-0.39, 0.29) is 18.9 Å². The first-order chi connectivity index (χ1) is 18.1. The first-order valence-electron chi connectivity index (χ1n) is 12.2. The molecule has 7 nitrogen and oxygen atoms in total. The van der Waals surface area contributed by atoms with Crippen molar-refractivity contribution >= 4 is 59.4 Å². The first-order valence-corrected chi connectivity index (χ1v) is 15.6. The minimum absolute atomic E-state index is 0.128. The van der Waals surface area contributed by atoms with E-state index < -0.39 is 28.5 Å². The molecule has 0 aliphatic rings. The summed E-state index contributed by atoms with van der Waals surface area (Å²) in [7, 11) is -3.82. The van der Waals surface area contributed by atoms with E-state index in [2.05, 4.69) is 37.2 Å². The summed E-state index contributed by atoms with van der Waals surface area (Å²) >= 11 is 6.88. The van der Waals surface area contributed by atoms with Crippen LogP contribution in [0.5, 0.6) is 0 Å². The summed E-state index contributed by atoms with van der Waals surface area (Å²) in [5, 5.41) is 2.93. The lowest BCUT2D eigenvalue weighted by Gasteiger charge is -2.33. The van der Waals surface area contributed by atoms with E-state index in [4.69, 9.17) is 0 Å². The standard InChI is InChI=1S/C28H31Br2N3O4S/c1-3-16-31-28(35)26(18-21-10-5-4-6-11-21)32(19-22-12-9-13-23(29)17-22)27(34)20-33(38(2,36)37)25-15-8-7-14-24(25)30/h4-15,17,26H,3,16,18-20H2,1-2H3,(H,31,35)/t26-/m0/s1. The Hall–Kier alpha value is -2.69. The number of sulfonamides is 1. The SMILES string of the molecule is CCCNC(=O)[C@H](Cc1ccccc1)N(Cc1cccc(Br)c1)C(=O)CN(c1ccccc1Br)S(C)(=O)=O. The third-order valence-electron chi connectivity index (χ3n) is 5.86. The summed E-state index contributed by atoms with van der Waals surface area (Å²) in [5.41, 5.74) is 2.05. The molecule has 1 N–H and O–H groups in total. The van der Waals surface area contributed by atoms with Crippen molar-refractivity contribution in [2.75, 3.05) is 23.7 Å². The van der Waals surface area contributed by atoms with Crippen molar-refractivity contribution in [2.45, 2.75) is 32.4 Å². The van der Waals surface area contributed by atoms with E-state index in [1.165, 1.54) is 4.90 Å². The lowest BCUT2D eigenvalue weighted by atomic mass is 10.0. The van der Waals surface area contributed by atoms with Gasteiger partial charge < -0.3 is 10.2 Å². The molecule has 0 unspecified atom stereocenters. The Morgan fingerprint density at radius 3 is 2.21 bits per heavy atom. The predicted octanol–water partition coefficient (Wildman–Crippen LogP) is 5.14. The molecule has 3 rings (SSSR count). The minimum Gasteiger partial charge on any atom is -0.354 e. The second kappa shape index (κ2) is 13.9. The number of hydrogen-bond donors (Lipinski definition) is 1. The molecule has 3 aromatic rings. The number of anilines is 1. The molecule has 0 spiro atoms. The summed E-state index contributed by atoms with van der Waals surface area (Å²) in [5.74, 6) is -0.774. The van der Waals surface area contributed by atoms with E-state index in [1.807, 2.05) is 61.5 Å². The molecule has 0 fully saturated rings. The Labute approximate surface area is 241 Å². The summed E-state index contributed by atoms with van der Waals surface area (Å²) in [6.07, 6.45) is 2.09. The zero-order chi connectivity index (χ0) is 27.7. The van der Waals surface area contributed by atoms with Gasteiger partial charge in [0.1, 0.15) is 12.6 Å². The lowest BCUT2D eigenvalue weighted by molar-refractivity contribution is -0.140. The highest BCUT2D eigenvalue weighted by atomic mass is 79.9. The minimum atomic E-state index is -3.82. The molecule has 0 aliphatic heterocycles. The molecule has 0 aliphatic carbocycles. The number of benzene rings is 3. The van der Waals surface area contributed by atoms with Gasteiger partial charge in [-0.15, -0.1) is 0 Å². The third kappa shape index (κ3) is 8.41. The number of carbonyl (C=O) groups excluding carboxylic acids is 2. The van der Waals surface area contributed by atoms with E-state index in [9.17, 15) is 18.0 Å². The highest BCUT2D eigenvalue weighted by molar-refractivity contribution is 9.10. The second-order valence-corrected chi connectivity index (χ2v) is 12.5. The smallest absolute Gasteiger partial charge is 0.244 e. The van der Waals surface area contributed by atoms with Crippen molar-refractivity contribution in [1.82, 2.24) is 10.2 Å². The normalized spacial score (nSPS) is 12.0. The zero-order valence-corrected chi connectivity index (χ0v) is 25.3.